The maximum absolute atomic E-state index is 11.5. The molecule has 19 heavy (non-hydrogen) atoms. The van der Waals surface area contributed by atoms with E-state index in [1.54, 1.807) is 0 Å². The van der Waals surface area contributed by atoms with Crippen LogP contribution in [0.25, 0.3) is 0 Å². The fraction of sp³-hybridized carbons (Fsp3) is 0.556. The van der Waals surface area contributed by atoms with Crippen LogP contribution in [-0.2, 0) is 20.6 Å². The molecule has 0 aliphatic carbocycles. The van der Waals surface area contributed by atoms with Gasteiger partial charge in [-0.25, -0.2) is 4.79 Å². The molecule has 0 saturated carbocycles. The van der Waals surface area contributed by atoms with E-state index in [9.17, 15) is 19.0 Å². The van der Waals surface area contributed by atoms with Crippen LogP contribution in [0.3, 0.4) is 0 Å². The average molecular weight is 291 g/mol. The molecule has 3 unspecified atom stereocenters. The van der Waals surface area contributed by atoms with Gasteiger partial charge in [0.15, 0.2) is 7.60 Å². The predicted octanol–water partition coefficient (Wildman–Crippen LogP) is -1.91. The number of hydrogen-bond donors (Lipinski definition) is 2. The van der Waals surface area contributed by atoms with Gasteiger partial charge in [-0.2, -0.15) is 0 Å². The van der Waals surface area contributed by atoms with Crippen molar-refractivity contribution in [2.24, 2.45) is 0 Å². The number of rotatable bonds is 3. The summed E-state index contributed by atoms with van der Waals surface area (Å²) in [6.45, 7) is 1.46. The highest BCUT2D eigenvalue weighted by Gasteiger charge is 2.33. The van der Waals surface area contributed by atoms with E-state index in [2.05, 4.69) is 4.98 Å². The summed E-state index contributed by atoms with van der Waals surface area (Å²) in [4.78, 5) is 44.4. The molecule has 0 spiro atoms. The van der Waals surface area contributed by atoms with Crippen LogP contribution in [0.2, 0.25) is 0 Å². The van der Waals surface area contributed by atoms with Crippen molar-refractivity contribution < 1.29 is 23.8 Å². The second kappa shape index (κ2) is 5.03. The standard InChI is InChI=1S/C9H13N2O7P/c1-5-2-11(8(13)10-7(5)12)3-6-4-17-9(18-6)19(14,15)16/h2,6,9H,3-4H2,1H3,(H,10,12,13)(H2,14,15,16)/p-1. The lowest BCUT2D eigenvalue weighted by molar-refractivity contribution is -0.216. The number of hydrogen-bond acceptors (Lipinski definition) is 6. The molecule has 1 aromatic rings. The fourth-order valence-corrected chi connectivity index (χ4v) is 2.27. The summed E-state index contributed by atoms with van der Waals surface area (Å²) < 4.78 is 21.7. The molecule has 2 rings (SSSR count). The highest BCUT2D eigenvalue weighted by atomic mass is 31.2. The highest BCUT2D eigenvalue weighted by Crippen LogP contribution is 2.41. The van der Waals surface area contributed by atoms with Crippen LogP contribution in [0, 0.1) is 6.92 Å². The molecular formula is C9H12N2O7P-. The maximum atomic E-state index is 11.5. The Morgan fingerprint density at radius 2 is 2.32 bits per heavy atom. The van der Waals surface area contributed by atoms with Crippen LogP contribution in [0.15, 0.2) is 15.8 Å². The monoisotopic (exact) mass is 291 g/mol. The highest BCUT2D eigenvalue weighted by molar-refractivity contribution is 7.50. The second-order valence-electron chi connectivity index (χ2n) is 4.19. The molecule has 1 aliphatic rings. The van der Waals surface area contributed by atoms with Crippen LogP contribution in [0.1, 0.15) is 5.56 Å². The molecule has 3 atom stereocenters. The summed E-state index contributed by atoms with van der Waals surface area (Å²) in [7, 11) is -4.72. The first-order chi connectivity index (χ1) is 8.77. The van der Waals surface area contributed by atoms with E-state index in [0.29, 0.717) is 5.56 Å². The number of aryl methyl sites for hydroxylation is 1. The third kappa shape index (κ3) is 3.20. The molecule has 10 heteroatoms. The van der Waals surface area contributed by atoms with Crippen LogP contribution in [0.4, 0.5) is 0 Å². The zero-order chi connectivity index (χ0) is 14.2. The fourth-order valence-electron chi connectivity index (χ4n) is 1.67. The van der Waals surface area contributed by atoms with Crippen LogP contribution in [-0.4, -0.2) is 33.2 Å². The molecule has 0 bridgehead atoms. The van der Waals surface area contributed by atoms with Gasteiger partial charge in [0.25, 0.3) is 5.56 Å². The minimum Gasteiger partial charge on any atom is -0.775 e. The summed E-state index contributed by atoms with van der Waals surface area (Å²) in [5, 5.41) is 0. The van der Waals surface area contributed by atoms with Crippen molar-refractivity contribution in [3.8, 4) is 0 Å². The number of aromatic amines is 1. The third-order valence-electron chi connectivity index (χ3n) is 2.59. The number of nitrogens with one attached hydrogen (secondary N) is 1. The van der Waals surface area contributed by atoms with Crippen LogP contribution in [0.5, 0.6) is 0 Å². The largest absolute Gasteiger partial charge is 0.775 e. The van der Waals surface area contributed by atoms with Gasteiger partial charge in [0.05, 0.1) is 13.2 Å². The topological polar surface area (TPSA) is 134 Å². The van der Waals surface area contributed by atoms with Crippen LogP contribution < -0.4 is 16.1 Å². The Morgan fingerprint density at radius 3 is 2.89 bits per heavy atom. The first-order valence-electron chi connectivity index (χ1n) is 5.38. The molecule has 0 aromatic carbocycles. The van der Waals surface area contributed by atoms with Gasteiger partial charge in [-0.05, 0) is 6.92 Å². The lowest BCUT2D eigenvalue weighted by Gasteiger charge is -2.21. The second-order valence-corrected chi connectivity index (χ2v) is 5.74. The molecule has 1 saturated heterocycles. The molecule has 106 valence electrons. The summed E-state index contributed by atoms with van der Waals surface area (Å²) >= 11 is 0. The van der Waals surface area contributed by atoms with E-state index >= 15 is 0 Å². The van der Waals surface area contributed by atoms with Gasteiger partial charge in [-0.1, -0.05) is 0 Å². The van der Waals surface area contributed by atoms with Crippen molar-refractivity contribution in [2.75, 3.05) is 6.61 Å². The van der Waals surface area contributed by atoms with E-state index in [0.717, 1.165) is 0 Å². The first kappa shape index (κ1) is 14.2. The Balaban J connectivity index is 2.12. The molecule has 0 amide bonds. The maximum Gasteiger partial charge on any atom is 0.328 e. The average Bonchev–Trinajstić information content (AvgIpc) is 2.74. The summed E-state index contributed by atoms with van der Waals surface area (Å²) in [6, 6.07) is -1.71. The van der Waals surface area contributed by atoms with Crippen molar-refractivity contribution in [3.63, 3.8) is 0 Å². The zero-order valence-corrected chi connectivity index (χ0v) is 10.8. The molecule has 2 heterocycles. The molecule has 1 aromatic heterocycles. The molecule has 1 fully saturated rings. The lowest BCUT2D eigenvalue weighted by Crippen LogP contribution is -2.34. The quantitative estimate of drug-likeness (QED) is 0.620. The molecule has 1 aliphatic heterocycles. The summed E-state index contributed by atoms with van der Waals surface area (Å²) in [5.74, 6) is 0. The van der Waals surface area contributed by atoms with Gasteiger partial charge in [-0.3, -0.25) is 14.3 Å². The Morgan fingerprint density at radius 1 is 1.63 bits per heavy atom. The lowest BCUT2D eigenvalue weighted by atomic mass is 10.3. The zero-order valence-electron chi connectivity index (χ0n) is 9.94. The van der Waals surface area contributed by atoms with Crippen molar-refractivity contribution in [1.29, 1.82) is 0 Å². The van der Waals surface area contributed by atoms with Crippen molar-refractivity contribution in [3.05, 3.63) is 32.6 Å². The Hall–Kier alpha value is -1.25. The number of nitrogens with zero attached hydrogens (tertiary/aromatic N) is 1. The van der Waals surface area contributed by atoms with Gasteiger partial charge in [-0.15, -0.1) is 0 Å². The van der Waals surface area contributed by atoms with Gasteiger partial charge in [0.2, 0.25) is 6.03 Å². The Bertz CT molecular complexity index is 630. The molecule has 9 nitrogen and oxygen atoms in total. The minimum atomic E-state index is -4.72. The first-order valence-corrected chi connectivity index (χ1v) is 7.03. The number of H-pyrrole nitrogens is 1. The van der Waals surface area contributed by atoms with Gasteiger partial charge >= 0.3 is 5.69 Å². The van der Waals surface area contributed by atoms with Crippen molar-refractivity contribution in [2.45, 2.75) is 25.6 Å². The molecule has 0 radical (unpaired) electrons. The van der Waals surface area contributed by atoms with E-state index in [-0.39, 0.29) is 13.2 Å². The predicted molar refractivity (Wildman–Crippen MR) is 60.5 cm³/mol. The number of ether oxygens (including phenoxy) is 2. The van der Waals surface area contributed by atoms with E-state index < -0.39 is 31.0 Å². The van der Waals surface area contributed by atoms with Crippen molar-refractivity contribution in [1.82, 2.24) is 9.55 Å². The Kier molecular flexibility index (Phi) is 3.75. The smallest absolute Gasteiger partial charge is 0.328 e. The number of aromatic nitrogens is 2. The molecular weight excluding hydrogens is 279 g/mol. The Labute approximate surface area is 107 Å². The summed E-state index contributed by atoms with van der Waals surface area (Å²) in [5.41, 5.74) is -0.772. The summed E-state index contributed by atoms with van der Waals surface area (Å²) in [6.07, 6.45) is 0.635. The van der Waals surface area contributed by atoms with Gasteiger partial charge < -0.3 is 23.8 Å². The van der Waals surface area contributed by atoms with E-state index in [4.69, 9.17) is 14.4 Å². The van der Waals surface area contributed by atoms with E-state index in [1.807, 2.05) is 0 Å². The minimum absolute atomic E-state index is 0.00690. The van der Waals surface area contributed by atoms with E-state index in [1.165, 1.54) is 17.7 Å². The van der Waals surface area contributed by atoms with Crippen LogP contribution >= 0.6 is 7.60 Å². The SMILES string of the molecule is Cc1cn(CC2COC(P(=O)([O-])O)O2)c(=O)[nH]c1=O. The molecule has 2 N–H and O–H groups in total. The van der Waals surface area contributed by atoms with Gasteiger partial charge in [0.1, 0.15) is 6.10 Å². The third-order valence-corrected chi connectivity index (χ3v) is 3.39. The van der Waals surface area contributed by atoms with Gasteiger partial charge in [0, 0.05) is 11.8 Å². The normalized spacial score (nSPS) is 26.3. The van der Waals surface area contributed by atoms with Crippen molar-refractivity contribution >= 4 is 7.60 Å².